The quantitative estimate of drug-likeness (QED) is 0.223. The molecular weight excluding hydrogens is 476 g/mol. The monoisotopic (exact) mass is 517 g/mol. The number of aliphatic hydroxyl groups excluding tert-OH is 1. The van der Waals surface area contributed by atoms with Gasteiger partial charge in [-0.2, -0.15) is 0 Å². The number of rotatable bonds is 13. The fourth-order valence-corrected chi connectivity index (χ4v) is 4.38. The zero-order valence-electron chi connectivity index (χ0n) is 23.2. The number of esters is 1. The predicted octanol–water partition coefficient (Wildman–Crippen LogP) is 5.26. The number of benzene rings is 2. The van der Waals surface area contributed by atoms with Crippen LogP contribution in [-0.4, -0.2) is 68.4 Å². The van der Waals surface area contributed by atoms with Gasteiger partial charge in [0, 0.05) is 37.3 Å². The molecule has 38 heavy (non-hydrogen) atoms. The maximum absolute atomic E-state index is 11.5. The standard InChI is InChI=1S/C32H41N2O4/c1-5-21-34(22-23-35)29-17-11-26(12-18-29)32(25-9-15-28(16-10-25)33(3)4)27-13-19-30(20-14-27)38-24-7-8-31(36)37-6-2/h9-20,35H,5-8,21-24H2,1-4H3/q+1. The Morgan fingerprint density at radius 1 is 0.895 bits per heavy atom. The molecule has 1 aliphatic rings. The Labute approximate surface area is 227 Å². The number of hydrogen-bond acceptors (Lipinski definition) is 5. The van der Waals surface area contributed by atoms with Crippen LogP contribution in [0, 0.1) is 0 Å². The highest BCUT2D eigenvalue weighted by Gasteiger charge is 2.14. The maximum atomic E-state index is 11.5. The summed E-state index contributed by atoms with van der Waals surface area (Å²) in [5.74, 6) is 0.584. The van der Waals surface area contributed by atoms with Gasteiger partial charge in [-0.3, -0.25) is 4.79 Å². The van der Waals surface area contributed by atoms with E-state index in [0.717, 1.165) is 52.4 Å². The smallest absolute Gasteiger partial charge is 0.305 e. The first-order valence-electron chi connectivity index (χ1n) is 13.5. The van der Waals surface area contributed by atoms with Gasteiger partial charge in [0.05, 0.1) is 19.8 Å². The molecule has 0 aliphatic heterocycles. The van der Waals surface area contributed by atoms with Crippen LogP contribution in [0.2, 0.25) is 0 Å². The van der Waals surface area contributed by atoms with Crippen molar-refractivity contribution in [3.63, 3.8) is 0 Å². The summed E-state index contributed by atoms with van der Waals surface area (Å²) < 4.78 is 12.9. The Bertz CT molecular complexity index is 1150. The van der Waals surface area contributed by atoms with E-state index in [1.54, 1.807) is 0 Å². The second kappa shape index (κ2) is 14.9. The van der Waals surface area contributed by atoms with Crippen molar-refractivity contribution in [3.8, 4) is 5.75 Å². The summed E-state index contributed by atoms with van der Waals surface area (Å²) in [5.41, 5.74) is 6.74. The van der Waals surface area contributed by atoms with E-state index >= 15 is 0 Å². The number of allylic oxidation sites excluding steroid dienone is 5. The lowest BCUT2D eigenvalue weighted by Crippen LogP contribution is -2.27. The molecule has 2 aromatic carbocycles. The second-order valence-corrected chi connectivity index (χ2v) is 9.36. The molecule has 0 heterocycles. The van der Waals surface area contributed by atoms with Crippen molar-refractivity contribution in [2.45, 2.75) is 33.1 Å². The molecule has 0 saturated carbocycles. The average molecular weight is 518 g/mol. The van der Waals surface area contributed by atoms with Gasteiger partial charge in [0.25, 0.3) is 0 Å². The Hall–Kier alpha value is -3.64. The zero-order valence-corrected chi connectivity index (χ0v) is 23.2. The van der Waals surface area contributed by atoms with Crippen LogP contribution in [0.15, 0.2) is 78.4 Å². The van der Waals surface area contributed by atoms with Crippen LogP contribution in [0.4, 0.5) is 5.69 Å². The van der Waals surface area contributed by atoms with Gasteiger partial charge < -0.3 is 19.5 Å². The van der Waals surface area contributed by atoms with Crippen LogP contribution in [-0.2, 0) is 9.53 Å². The van der Waals surface area contributed by atoms with Crippen LogP contribution in [0.1, 0.15) is 44.2 Å². The predicted molar refractivity (Wildman–Crippen MR) is 155 cm³/mol. The Morgan fingerprint density at radius 2 is 1.53 bits per heavy atom. The van der Waals surface area contributed by atoms with Gasteiger partial charge in [-0.1, -0.05) is 31.2 Å². The largest absolute Gasteiger partial charge is 0.494 e. The number of carbonyl (C=O) groups excluding carboxylic acids is 1. The molecule has 0 unspecified atom stereocenters. The highest BCUT2D eigenvalue weighted by molar-refractivity contribution is 6.04. The number of nitrogens with zero attached hydrogens (tertiary/aromatic N) is 2. The molecule has 0 atom stereocenters. The van der Waals surface area contributed by atoms with Crippen LogP contribution in [0.25, 0.3) is 5.57 Å². The zero-order chi connectivity index (χ0) is 27.3. The third-order valence-corrected chi connectivity index (χ3v) is 6.30. The summed E-state index contributed by atoms with van der Waals surface area (Å²) in [7, 11) is 4.08. The molecule has 0 saturated heterocycles. The van der Waals surface area contributed by atoms with Crippen LogP contribution >= 0.6 is 0 Å². The SMILES string of the molecule is CCCN(CCO)c1ccc(C(=C2C=CC(=[N+](C)C)C=C2)c2ccc(OCCCC(=O)OCC)cc2)cc1. The first-order valence-corrected chi connectivity index (χ1v) is 13.5. The van der Waals surface area contributed by atoms with Crippen molar-refractivity contribution in [2.75, 3.05) is 51.9 Å². The third kappa shape index (κ3) is 8.18. The number of hydrogen-bond donors (Lipinski definition) is 1. The molecule has 1 N–H and O–H groups in total. The van der Waals surface area contributed by atoms with Crippen molar-refractivity contribution in [3.05, 3.63) is 89.5 Å². The molecule has 0 spiro atoms. The van der Waals surface area contributed by atoms with Crippen molar-refractivity contribution < 1.29 is 24.0 Å². The van der Waals surface area contributed by atoms with E-state index in [2.05, 4.69) is 77.1 Å². The molecule has 1 aliphatic carbocycles. The lowest BCUT2D eigenvalue weighted by molar-refractivity contribution is -0.462. The summed E-state index contributed by atoms with van der Waals surface area (Å²) in [6.45, 7) is 6.49. The van der Waals surface area contributed by atoms with Crippen molar-refractivity contribution in [1.29, 1.82) is 0 Å². The van der Waals surface area contributed by atoms with Crippen molar-refractivity contribution in [1.82, 2.24) is 0 Å². The lowest BCUT2D eigenvalue weighted by Gasteiger charge is -2.24. The Balaban J connectivity index is 1.86. The minimum atomic E-state index is -0.189. The molecule has 0 aromatic heterocycles. The number of aliphatic hydroxyl groups is 1. The molecule has 0 amide bonds. The van der Waals surface area contributed by atoms with E-state index in [0.29, 0.717) is 32.6 Å². The highest BCUT2D eigenvalue weighted by Crippen LogP contribution is 2.32. The van der Waals surface area contributed by atoms with Gasteiger partial charge in [0.2, 0.25) is 0 Å². The number of ether oxygens (including phenoxy) is 2. The van der Waals surface area contributed by atoms with Crippen LogP contribution in [0.5, 0.6) is 5.75 Å². The summed E-state index contributed by atoms with van der Waals surface area (Å²) in [6.07, 6.45) is 10.6. The molecule has 6 heteroatoms. The van der Waals surface area contributed by atoms with Crippen molar-refractivity contribution in [2.24, 2.45) is 0 Å². The lowest BCUT2D eigenvalue weighted by atomic mass is 9.90. The maximum Gasteiger partial charge on any atom is 0.305 e. The normalized spacial score (nSPS) is 12.4. The first kappa shape index (κ1) is 28.9. The summed E-state index contributed by atoms with van der Waals surface area (Å²) in [6, 6.07) is 16.7. The topological polar surface area (TPSA) is 62.0 Å². The number of carbonyl (C=O) groups is 1. The van der Waals surface area contributed by atoms with E-state index in [4.69, 9.17) is 9.47 Å². The van der Waals surface area contributed by atoms with E-state index in [1.165, 1.54) is 0 Å². The molecule has 2 aromatic rings. The highest BCUT2D eigenvalue weighted by atomic mass is 16.5. The van der Waals surface area contributed by atoms with E-state index in [-0.39, 0.29) is 12.6 Å². The average Bonchev–Trinajstić information content (AvgIpc) is 2.93. The molecule has 6 nitrogen and oxygen atoms in total. The van der Waals surface area contributed by atoms with Gasteiger partial charge in [0.1, 0.15) is 19.8 Å². The minimum Gasteiger partial charge on any atom is -0.494 e. The molecule has 0 bridgehead atoms. The minimum absolute atomic E-state index is 0.134. The van der Waals surface area contributed by atoms with Crippen LogP contribution < -0.4 is 9.64 Å². The molecule has 0 radical (unpaired) electrons. The van der Waals surface area contributed by atoms with Gasteiger partial charge in [-0.05, 0) is 78.5 Å². The third-order valence-electron chi connectivity index (χ3n) is 6.30. The summed E-state index contributed by atoms with van der Waals surface area (Å²) in [5, 5.41) is 9.48. The van der Waals surface area contributed by atoms with E-state index in [1.807, 2.05) is 33.2 Å². The first-order chi connectivity index (χ1) is 18.5. The van der Waals surface area contributed by atoms with Gasteiger partial charge in [-0.25, -0.2) is 4.58 Å². The summed E-state index contributed by atoms with van der Waals surface area (Å²) in [4.78, 5) is 13.7. The van der Waals surface area contributed by atoms with E-state index < -0.39 is 0 Å². The summed E-state index contributed by atoms with van der Waals surface area (Å²) >= 11 is 0. The Morgan fingerprint density at radius 3 is 2.08 bits per heavy atom. The fraction of sp³-hybridized carbons (Fsp3) is 0.375. The fourth-order valence-electron chi connectivity index (χ4n) is 4.38. The van der Waals surface area contributed by atoms with Crippen LogP contribution in [0.3, 0.4) is 0 Å². The van der Waals surface area contributed by atoms with Crippen molar-refractivity contribution >= 4 is 22.9 Å². The van der Waals surface area contributed by atoms with Gasteiger partial charge >= 0.3 is 5.97 Å². The molecule has 202 valence electrons. The second-order valence-electron chi connectivity index (χ2n) is 9.36. The van der Waals surface area contributed by atoms with Gasteiger partial charge in [-0.15, -0.1) is 0 Å². The molecule has 3 rings (SSSR count). The molecular formula is C32H41N2O4+. The Kier molecular flexibility index (Phi) is 11.4. The number of anilines is 1. The van der Waals surface area contributed by atoms with Gasteiger partial charge in [0.15, 0.2) is 5.71 Å². The molecule has 0 fully saturated rings. The van der Waals surface area contributed by atoms with E-state index in [9.17, 15) is 9.90 Å².